The van der Waals surface area contributed by atoms with Crippen LogP contribution in [0.1, 0.15) is 20.3 Å². The van der Waals surface area contributed by atoms with Crippen molar-refractivity contribution in [2.24, 2.45) is 0 Å². The molecule has 0 aliphatic carbocycles. The van der Waals surface area contributed by atoms with E-state index in [1.165, 1.54) is 25.1 Å². The van der Waals surface area contributed by atoms with Crippen LogP contribution in [0.25, 0.3) is 0 Å². The molecule has 11 nitrogen and oxygen atoms in total. The number of para-hydroxylation sites is 1. The van der Waals surface area contributed by atoms with Gasteiger partial charge in [0, 0.05) is 6.20 Å². The summed E-state index contributed by atoms with van der Waals surface area (Å²) in [6, 6.07) is 6.82. The van der Waals surface area contributed by atoms with Crippen molar-refractivity contribution in [3.8, 4) is 5.75 Å². The highest BCUT2D eigenvalue weighted by molar-refractivity contribution is 7.52. The highest BCUT2D eigenvalue weighted by Gasteiger charge is 2.57. The van der Waals surface area contributed by atoms with E-state index in [0.717, 1.165) is 24.1 Å². The largest absolute Gasteiger partial charge is 0.460 e. The maximum absolute atomic E-state index is 15.4. The first-order valence-corrected chi connectivity index (χ1v) is 12.6. The molecule has 1 aromatic rings. The molecule has 0 spiro atoms. The summed E-state index contributed by atoms with van der Waals surface area (Å²) >= 11 is 0. The summed E-state index contributed by atoms with van der Waals surface area (Å²) < 4.78 is 50.4. The van der Waals surface area contributed by atoms with Crippen molar-refractivity contribution in [3.63, 3.8) is 0 Å². The van der Waals surface area contributed by atoms with Crippen molar-refractivity contribution >= 4 is 25.4 Å². The van der Waals surface area contributed by atoms with Crippen LogP contribution in [-0.4, -0.2) is 71.0 Å². The number of nitrogens with zero attached hydrogens (tertiary/aromatic N) is 1. The fraction of sp³-hybridized carbons (Fsp3) is 0.435. The molecule has 6 atom stereocenters. The van der Waals surface area contributed by atoms with E-state index in [1.807, 2.05) is 0 Å². The van der Waals surface area contributed by atoms with Crippen molar-refractivity contribution in [1.29, 1.82) is 0 Å². The molecule has 2 aliphatic heterocycles. The average molecular weight is 526 g/mol. The predicted molar refractivity (Wildman–Crippen MR) is 124 cm³/mol. The van der Waals surface area contributed by atoms with Crippen molar-refractivity contribution < 1.29 is 47.0 Å². The lowest BCUT2D eigenvalue weighted by atomic mass is 9.97. The minimum absolute atomic E-state index is 0.0661. The monoisotopic (exact) mass is 526 g/mol. The van der Waals surface area contributed by atoms with Gasteiger partial charge >= 0.3 is 13.7 Å². The Kier molecular flexibility index (Phi) is 8.80. The number of ether oxygens (including phenoxy) is 2. The number of amides is 1. The van der Waals surface area contributed by atoms with Crippen molar-refractivity contribution in [2.45, 2.75) is 50.4 Å². The van der Waals surface area contributed by atoms with Gasteiger partial charge in [-0.1, -0.05) is 30.9 Å². The Morgan fingerprint density at radius 2 is 2.11 bits per heavy atom. The van der Waals surface area contributed by atoms with Crippen molar-refractivity contribution in [2.75, 3.05) is 13.2 Å². The Labute approximate surface area is 207 Å². The van der Waals surface area contributed by atoms with Gasteiger partial charge < -0.3 is 19.1 Å². The summed E-state index contributed by atoms with van der Waals surface area (Å²) in [7, 11) is -4.31. The number of ketones is 1. The van der Waals surface area contributed by atoms with Crippen molar-refractivity contribution in [3.05, 3.63) is 55.3 Å². The maximum atomic E-state index is 15.4. The molecule has 0 radical (unpaired) electrons. The number of esters is 1. The summed E-state index contributed by atoms with van der Waals surface area (Å²) in [5.41, 5.74) is -2.45. The number of benzene rings is 1. The standard InChI is InChI=1S/C23H28FN2O9P/c1-4-12-32-21(30)15(2)25-36(31,35-17-8-6-5-7-9-17)33-14-18-20(29)23(3,24)22(34-18)26-11-10-16(27)13-19(26)28/h4-11,15,18,20,22,29H,1,12-14H2,2-3H3,(H,25,31)/t15-,18+,20+,22+,23+,36-/m0/s1. The van der Waals surface area contributed by atoms with Gasteiger partial charge in [0.1, 0.15) is 30.6 Å². The summed E-state index contributed by atoms with van der Waals surface area (Å²) in [4.78, 5) is 36.7. The zero-order chi connectivity index (χ0) is 26.5. The second-order valence-electron chi connectivity index (χ2n) is 8.35. The second-order valence-corrected chi connectivity index (χ2v) is 10.0. The Balaban J connectivity index is 1.75. The highest BCUT2D eigenvalue weighted by atomic mass is 31.2. The van der Waals surface area contributed by atoms with Gasteiger partial charge in [0.25, 0.3) is 0 Å². The van der Waals surface area contributed by atoms with Gasteiger partial charge in [-0.15, -0.1) is 0 Å². The molecule has 1 saturated heterocycles. The zero-order valence-corrected chi connectivity index (χ0v) is 20.6. The van der Waals surface area contributed by atoms with Gasteiger partial charge in [-0.2, -0.15) is 5.09 Å². The number of alkyl halides is 1. The van der Waals surface area contributed by atoms with Gasteiger partial charge in [-0.3, -0.25) is 23.8 Å². The van der Waals surface area contributed by atoms with E-state index < -0.39 is 68.6 Å². The Hall–Kier alpha value is -2.89. The third kappa shape index (κ3) is 6.45. The van der Waals surface area contributed by atoms with E-state index >= 15 is 4.39 Å². The van der Waals surface area contributed by atoms with Crippen LogP contribution in [0, 0.1) is 0 Å². The van der Waals surface area contributed by atoms with E-state index in [4.69, 9.17) is 18.5 Å². The first-order chi connectivity index (χ1) is 17.0. The number of aliphatic hydroxyl groups is 1. The van der Waals surface area contributed by atoms with Crippen LogP contribution in [0.2, 0.25) is 0 Å². The zero-order valence-electron chi connectivity index (χ0n) is 19.7. The van der Waals surface area contributed by atoms with Crippen LogP contribution >= 0.6 is 7.75 Å². The molecule has 0 unspecified atom stereocenters. The fourth-order valence-corrected chi connectivity index (χ4v) is 5.05. The van der Waals surface area contributed by atoms with E-state index in [0.29, 0.717) is 0 Å². The average Bonchev–Trinajstić information content (AvgIpc) is 3.05. The SMILES string of the molecule is C=CCOC(=O)[C@H](C)N[P@](=O)(OC[C@H]1O[C@@H](N2C=CC(=O)CC2=O)[C@](C)(F)[C@@H]1O)Oc1ccccc1. The van der Waals surface area contributed by atoms with Gasteiger partial charge in [0.2, 0.25) is 5.91 Å². The fourth-order valence-electron chi connectivity index (χ4n) is 3.54. The van der Waals surface area contributed by atoms with E-state index in [1.54, 1.807) is 18.2 Å². The molecule has 1 fully saturated rings. The van der Waals surface area contributed by atoms with Crippen LogP contribution < -0.4 is 9.61 Å². The molecule has 2 aliphatic rings. The van der Waals surface area contributed by atoms with Crippen LogP contribution in [-0.2, 0) is 32.9 Å². The maximum Gasteiger partial charge on any atom is 0.459 e. The number of carbonyl (C=O) groups is 3. The third-order valence-electron chi connectivity index (χ3n) is 5.43. The minimum atomic E-state index is -4.31. The molecule has 0 bridgehead atoms. The van der Waals surface area contributed by atoms with Crippen LogP contribution in [0.5, 0.6) is 5.75 Å². The summed E-state index contributed by atoms with van der Waals surface area (Å²) in [5, 5.41) is 13.0. The topological polar surface area (TPSA) is 141 Å². The molecule has 36 heavy (non-hydrogen) atoms. The van der Waals surface area contributed by atoms with Gasteiger partial charge in [0.05, 0.1) is 13.0 Å². The van der Waals surface area contributed by atoms with Crippen LogP contribution in [0.4, 0.5) is 4.39 Å². The van der Waals surface area contributed by atoms with E-state index in [-0.39, 0.29) is 12.4 Å². The number of hydrogen-bond acceptors (Lipinski definition) is 9. The third-order valence-corrected chi connectivity index (χ3v) is 7.07. The molecular weight excluding hydrogens is 498 g/mol. The van der Waals surface area contributed by atoms with Crippen LogP contribution in [0.3, 0.4) is 0 Å². The highest BCUT2D eigenvalue weighted by Crippen LogP contribution is 2.46. The summed E-state index contributed by atoms with van der Waals surface area (Å²) in [6.07, 6.45) is -1.63. The first kappa shape index (κ1) is 27.7. The lowest BCUT2D eigenvalue weighted by Crippen LogP contribution is -2.51. The quantitative estimate of drug-likeness (QED) is 0.190. The molecule has 13 heteroatoms. The summed E-state index contributed by atoms with van der Waals surface area (Å²) in [6.45, 7) is 5.16. The predicted octanol–water partition coefficient (Wildman–Crippen LogP) is 2.03. The molecule has 3 rings (SSSR count). The molecule has 0 saturated carbocycles. The van der Waals surface area contributed by atoms with Gasteiger partial charge in [0.15, 0.2) is 17.7 Å². The second kappa shape index (κ2) is 11.4. The molecule has 1 aromatic carbocycles. The normalized spacial score (nSPS) is 28.4. The Morgan fingerprint density at radius 1 is 1.42 bits per heavy atom. The first-order valence-electron chi connectivity index (χ1n) is 11.1. The van der Waals surface area contributed by atoms with Gasteiger partial charge in [-0.25, -0.2) is 8.96 Å². The molecule has 2 heterocycles. The molecule has 1 amide bonds. The lowest BCUT2D eigenvalue weighted by molar-refractivity contribution is -0.150. The van der Waals surface area contributed by atoms with Gasteiger partial charge in [-0.05, 0) is 32.1 Å². The number of halogens is 1. The smallest absolute Gasteiger partial charge is 0.459 e. The number of nitrogens with one attached hydrogen (secondary N) is 1. The minimum Gasteiger partial charge on any atom is -0.460 e. The molecule has 196 valence electrons. The van der Waals surface area contributed by atoms with E-state index in [9.17, 15) is 24.1 Å². The number of rotatable bonds is 11. The Bertz CT molecular complexity index is 1060. The number of hydrogen-bond donors (Lipinski definition) is 2. The Morgan fingerprint density at radius 3 is 2.75 bits per heavy atom. The number of carbonyl (C=O) groups excluding carboxylic acids is 3. The van der Waals surface area contributed by atoms with E-state index in [2.05, 4.69) is 11.7 Å². The molecule has 0 aromatic heterocycles. The number of aliphatic hydroxyl groups excluding tert-OH is 1. The van der Waals surface area contributed by atoms with Crippen molar-refractivity contribution in [1.82, 2.24) is 9.99 Å². The lowest BCUT2D eigenvalue weighted by Gasteiger charge is -2.32. The molecular formula is C23H28FN2O9P. The van der Waals surface area contributed by atoms with Crippen LogP contribution in [0.15, 0.2) is 55.3 Å². The summed E-state index contributed by atoms with van der Waals surface area (Å²) in [5.74, 6) is -1.75. The molecule has 2 N–H and O–H groups in total. The number of allylic oxidation sites excluding steroid dienone is 1.